The number of nitrogens with one attached hydrogen (secondary N) is 2. The van der Waals surface area contributed by atoms with Gasteiger partial charge in [0.05, 0.1) is 25.0 Å². The lowest BCUT2D eigenvalue weighted by atomic mass is 9.53. The molecule has 0 bridgehead atoms. The Morgan fingerprint density at radius 3 is 2.78 bits per heavy atom. The molecule has 7 nitrogen and oxygen atoms in total. The largest absolute Gasteiger partial charge is 0.392 e. The number of benzene rings is 1. The zero-order chi connectivity index (χ0) is 26.2. The molecule has 37 heavy (non-hydrogen) atoms. The van der Waals surface area contributed by atoms with E-state index < -0.39 is 6.10 Å². The Morgan fingerprint density at radius 1 is 1.32 bits per heavy atom. The summed E-state index contributed by atoms with van der Waals surface area (Å²) in [6.45, 7) is 11.2. The van der Waals surface area contributed by atoms with E-state index in [1.54, 1.807) is 23.5 Å². The van der Waals surface area contributed by atoms with Gasteiger partial charge in [0.15, 0.2) is 5.13 Å². The summed E-state index contributed by atoms with van der Waals surface area (Å²) in [6, 6.07) is 6.29. The molecule has 9 heteroatoms. The van der Waals surface area contributed by atoms with Gasteiger partial charge >= 0.3 is 0 Å². The van der Waals surface area contributed by atoms with Crippen LogP contribution in [-0.4, -0.2) is 66.4 Å². The van der Waals surface area contributed by atoms with Crippen LogP contribution in [0.4, 0.5) is 15.2 Å². The second kappa shape index (κ2) is 11.0. The topological polar surface area (TPSA) is 86.7 Å². The van der Waals surface area contributed by atoms with E-state index in [2.05, 4.69) is 29.4 Å². The Balaban J connectivity index is 1.24. The van der Waals surface area contributed by atoms with Gasteiger partial charge in [0.25, 0.3) is 0 Å². The van der Waals surface area contributed by atoms with Gasteiger partial charge in [-0.05, 0) is 60.8 Å². The van der Waals surface area contributed by atoms with Crippen LogP contribution in [0.1, 0.15) is 50.1 Å². The second-order valence-corrected chi connectivity index (χ2v) is 12.4. The minimum absolute atomic E-state index is 0.0320. The number of aliphatic hydroxyl groups excluding tert-OH is 1. The number of morpholine rings is 1. The molecule has 202 valence electrons. The van der Waals surface area contributed by atoms with Gasteiger partial charge in [-0.1, -0.05) is 20.8 Å². The van der Waals surface area contributed by atoms with Gasteiger partial charge < -0.3 is 20.5 Å². The molecule has 2 aliphatic carbocycles. The minimum atomic E-state index is -0.558. The summed E-state index contributed by atoms with van der Waals surface area (Å²) in [6.07, 6.45) is 2.14. The van der Waals surface area contributed by atoms with Crippen molar-refractivity contribution in [2.24, 2.45) is 23.2 Å². The van der Waals surface area contributed by atoms with Crippen LogP contribution in [-0.2, 0) is 16.0 Å². The lowest BCUT2D eigenvalue weighted by Gasteiger charge is -2.53. The maximum atomic E-state index is 13.3. The van der Waals surface area contributed by atoms with Crippen LogP contribution in [0.2, 0.25) is 0 Å². The molecule has 1 unspecified atom stereocenters. The lowest BCUT2D eigenvalue weighted by molar-refractivity contribution is -0.134. The Kier molecular flexibility index (Phi) is 7.86. The summed E-state index contributed by atoms with van der Waals surface area (Å²) < 4.78 is 18.7. The summed E-state index contributed by atoms with van der Waals surface area (Å²) >= 11 is 1.65. The van der Waals surface area contributed by atoms with Crippen LogP contribution >= 0.6 is 11.3 Å². The lowest BCUT2D eigenvalue weighted by Crippen LogP contribution is -2.53. The number of fused-ring (bicyclic) bond motifs is 2. The molecule has 3 aliphatic rings. The first-order valence-electron chi connectivity index (χ1n) is 13.5. The Bertz CT molecular complexity index is 1090. The average Bonchev–Trinajstić information content (AvgIpc) is 3.27. The maximum Gasteiger partial charge on any atom is 0.223 e. The van der Waals surface area contributed by atoms with Gasteiger partial charge in [-0.15, -0.1) is 11.3 Å². The Labute approximate surface area is 222 Å². The molecular formula is C28H39FN4O3S. The summed E-state index contributed by atoms with van der Waals surface area (Å²) in [5, 5.41) is 18.9. The molecule has 1 saturated carbocycles. The van der Waals surface area contributed by atoms with Crippen molar-refractivity contribution in [2.75, 3.05) is 44.7 Å². The van der Waals surface area contributed by atoms with Crippen molar-refractivity contribution in [1.29, 1.82) is 0 Å². The van der Waals surface area contributed by atoms with Crippen molar-refractivity contribution in [2.45, 2.75) is 52.1 Å². The van der Waals surface area contributed by atoms with Crippen LogP contribution in [0.3, 0.4) is 0 Å². The SMILES string of the molecule is C[C@H](C(=O)NCCN1CCOCC1)C1CC[C@@]2(C)Cc3sc(Nc4ccc(F)cc4)nc3[C@@H](C)[C@@H]2[C@H]1O. The number of thiazole rings is 1. The fourth-order valence-corrected chi connectivity index (χ4v) is 8.06. The molecule has 0 radical (unpaired) electrons. The van der Waals surface area contributed by atoms with E-state index in [1.165, 1.54) is 17.0 Å². The predicted molar refractivity (Wildman–Crippen MR) is 144 cm³/mol. The monoisotopic (exact) mass is 530 g/mol. The number of hydrogen-bond donors (Lipinski definition) is 3. The molecule has 2 heterocycles. The van der Waals surface area contributed by atoms with Gasteiger partial charge in [0.1, 0.15) is 5.82 Å². The van der Waals surface area contributed by atoms with Crippen molar-refractivity contribution in [3.05, 3.63) is 40.7 Å². The number of amides is 1. The Morgan fingerprint density at radius 2 is 2.05 bits per heavy atom. The number of anilines is 2. The van der Waals surface area contributed by atoms with Gasteiger partial charge in [-0.3, -0.25) is 9.69 Å². The highest BCUT2D eigenvalue weighted by Crippen LogP contribution is 2.57. The molecule has 2 aromatic rings. The third-order valence-electron chi connectivity index (χ3n) is 8.90. The number of rotatable bonds is 7. The summed E-state index contributed by atoms with van der Waals surface area (Å²) in [5.74, 6) is -0.418. The van der Waals surface area contributed by atoms with Crippen LogP contribution in [0, 0.1) is 29.0 Å². The summed E-state index contributed by atoms with van der Waals surface area (Å²) in [7, 11) is 0. The van der Waals surface area contributed by atoms with Crippen molar-refractivity contribution < 1.29 is 19.0 Å². The summed E-state index contributed by atoms with van der Waals surface area (Å²) in [5.41, 5.74) is 1.81. The van der Waals surface area contributed by atoms with E-state index in [4.69, 9.17) is 9.72 Å². The number of aliphatic hydroxyl groups is 1. The van der Waals surface area contributed by atoms with Crippen molar-refractivity contribution >= 4 is 28.1 Å². The van der Waals surface area contributed by atoms with Gasteiger partial charge in [-0.25, -0.2) is 9.37 Å². The third kappa shape index (κ3) is 5.55. The van der Waals surface area contributed by atoms with E-state index in [9.17, 15) is 14.3 Å². The predicted octanol–water partition coefficient (Wildman–Crippen LogP) is 4.16. The van der Waals surface area contributed by atoms with Crippen molar-refractivity contribution in [3.63, 3.8) is 0 Å². The summed E-state index contributed by atoms with van der Waals surface area (Å²) in [4.78, 5) is 21.5. The first-order chi connectivity index (χ1) is 17.7. The first-order valence-corrected chi connectivity index (χ1v) is 14.3. The highest BCUT2D eigenvalue weighted by atomic mass is 32.1. The second-order valence-electron chi connectivity index (χ2n) is 11.3. The number of carbonyl (C=O) groups is 1. The number of halogens is 1. The number of carbonyl (C=O) groups excluding carboxylic acids is 1. The molecule has 5 rings (SSSR count). The molecule has 1 aliphatic heterocycles. The smallest absolute Gasteiger partial charge is 0.223 e. The minimum Gasteiger partial charge on any atom is -0.392 e. The molecule has 0 spiro atoms. The van der Waals surface area contributed by atoms with E-state index in [-0.39, 0.29) is 40.8 Å². The highest BCUT2D eigenvalue weighted by molar-refractivity contribution is 7.15. The average molecular weight is 531 g/mol. The molecule has 3 N–H and O–H groups in total. The maximum absolute atomic E-state index is 13.3. The molecular weight excluding hydrogens is 491 g/mol. The van der Waals surface area contributed by atoms with Gasteiger partial charge in [0.2, 0.25) is 5.91 Å². The quantitative estimate of drug-likeness (QED) is 0.498. The van der Waals surface area contributed by atoms with E-state index in [1.807, 2.05) is 6.92 Å². The van der Waals surface area contributed by atoms with Crippen LogP contribution in [0.15, 0.2) is 24.3 Å². The van der Waals surface area contributed by atoms with Crippen LogP contribution in [0.25, 0.3) is 0 Å². The van der Waals surface area contributed by atoms with Crippen molar-refractivity contribution in [3.8, 4) is 0 Å². The van der Waals surface area contributed by atoms with Crippen molar-refractivity contribution in [1.82, 2.24) is 15.2 Å². The molecule has 6 atom stereocenters. The number of hydrogen-bond acceptors (Lipinski definition) is 7. The fourth-order valence-electron chi connectivity index (χ4n) is 6.77. The molecule has 1 saturated heterocycles. The van der Waals surface area contributed by atoms with E-state index >= 15 is 0 Å². The standard InChI is InChI=1S/C28H39FN4O3S/c1-17(26(35)30-10-11-33-12-14-36-15-13-33)21-8-9-28(3)16-22-24(18(2)23(28)25(21)34)32-27(37-22)31-20-6-4-19(29)5-7-20/h4-7,17-18,21,23,25,34H,8-16H2,1-3H3,(H,30,35)(H,31,32)/t17-,18-,21?,23+,25-,28-/m0/s1. The molecule has 1 aromatic carbocycles. The van der Waals surface area contributed by atoms with E-state index in [0.717, 1.165) is 68.6 Å². The zero-order valence-corrected chi connectivity index (χ0v) is 22.8. The Hall–Kier alpha value is -2.07. The zero-order valence-electron chi connectivity index (χ0n) is 22.0. The van der Waals surface area contributed by atoms with Gasteiger partial charge in [-0.2, -0.15) is 0 Å². The highest BCUT2D eigenvalue weighted by Gasteiger charge is 2.53. The third-order valence-corrected chi connectivity index (χ3v) is 9.89. The molecule has 1 aromatic heterocycles. The number of nitrogens with zero attached hydrogens (tertiary/aromatic N) is 2. The number of ether oxygens (including phenoxy) is 1. The van der Waals surface area contributed by atoms with E-state index in [0.29, 0.717) is 6.54 Å². The van der Waals surface area contributed by atoms with Crippen LogP contribution in [0.5, 0.6) is 0 Å². The molecule has 1 amide bonds. The first kappa shape index (κ1) is 26.5. The normalized spacial score (nSPS) is 30.7. The molecule has 2 fully saturated rings. The fraction of sp³-hybridized carbons (Fsp3) is 0.643. The number of aromatic nitrogens is 1. The van der Waals surface area contributed by atoms with Crippen LogP contribution < -0.4 is 10.6 Å². The van der Waals surface area contributed by atoms with Gasteiger partial charge in [0, 0.05) is 48.6 Å².